The Morgan fingerprint density at radius 1 is 1.19 bits per heavy atom. The SMILES string of the molecule is COc1ccc(-c2n[nH]c(CNC(=O)CCc3ncc(-c4ccccc4Cl)o3)n2)cc1. The van der Waals surface area contributed by atoms with E-state index in [1.54, 1.807) is 19.4 Å². The number of hydrogen-bond donors (Lipinski definition) is 2. The van der Waals surface area contributed by atoms with E-state index in [0.717, 1.165) is 16.9 Å². The summed E-state index contributed by atoms with van der Waals surface area (Å²) in [6.45, 7) is 0.248. The molecule has 31 heavy (non-hydrogen) atoms. The summed E-state index contributed by atoms with van der Waals surface area (Å²) in [5.41, 5.74) is 1.62. The number of hydrogen-bond acceptors (Lipinski definition) is 6. The van der Waals surface area contributed by atoms with E-state index in [0.29, 0.717) is 34.7 Å². The molecule has 0 unspecified atom stereocenters. The van der Waals surface area contributed by atoms with E-state index in [2.05, 4.69) is 25.5 Å². The fraction of sp³-hybridized carbons (Fsp3) is 0.182. The van der Waals surface area contributed by atoms with Crippen LogP contribution >= 0.6 is 11.6 Å². The molecule has 0 fully saturated rings. The quantitative estimate of drug-likeness (QED) is 0.431. The van der Waals surface area contributed by atoms with Crippen molar-refractivity contribution < 1.29 is 13.9 Å². The molecule has 0 saturated carbocycles. The van der Waals surface area contributed by atoms with Gasteiger partial charge in [-0.25, -0.2) is 9.97 Å². The number of ether oxygens (including phenoxy) is 1. The molecule has 1 amide bonds. The zero-order chi connectivity index (χ0) is 21.6. The Labute approximate surface area is 183 Å². The lowest BCUT2D eigenvalue weighted by Gasteiger charge is -2.02. The molecule has 0 aliphatic carbocycles. The Morgan fingerprint density at radius 2 is 2.00 bits per heavy atom. The Hall–Kier alpha value is -3.65. The maximum absolute atomic E-state index is 12.2. The van der Waals surface area contributed by atoms with Crippen LogP contribution in [0.25, 0.3) is 22.7 Å². The minimum absolute atomic E-state index is 0.139. The number of nitrogens with one attached hydrogen (secondary N) is 2. The van der Waals surface area contributed by atoms with Gasteiger partial charge in [-0.2, -0.15) is 5.10 Å². The molecule has 4 rings (SSSR count). The summed E-state index contributed by atoms with van der Waals surface area (Å²) in [6, 6.07) is 14.8. The molecule has 0 saturated heterocycles. The summed E-state index contributed by atoms with van der Waals surface area (Å²) in [7, 11) is 1.61. The summed E-state index contributed by atoms with van der Waals surface area (Å²) >= 11 is 6.18. The van der Waals surface area contributed by atoms with Gasteiger partial charge in [-0.1, -0.05) is 23.7 Å². The Balaban J connectivity index is 1.27. The third-order valence-corrected chi connectivity index (χ3v) is 4.92. The lowest BCUT2D eigenvalue weighted by atomic mass is 10.2. The van der Waals surface area contributed by atoms with Crippen LogP contribution in [0, 0.1) is 0 Å². The summed E-state index contributed by atoms with van der Waals surface area (Å²) in [5.74, 6) is 2.80. The number of methoxy groups -OCH3 is 1. The van der Waals surface area contributed by atoms with Crippen molar-refractivity contribution in [2.24, 2.45) is 0 Å². The minimum Gasteiger partial charge on any atom is -0.497 e. The summed E-state index contributed by atoms with van der Waals surface area (Å²) in [4.78, 5) is 20.8. The molecule has 0 spiro atoms. The summed E-state index contributed by atoms with van der Waals surface area (Å²) in [6.07, 6.45) is 2.23. The molecule has 0 aliphatic heterocycles. The fourth-order valence-corrected chi connectivity index (χ4v) is 3.17. The highest BCUT2D eigenvalue weighted by Gasteiger charge is 2.12. The molecule has 0 bridgehead atoms. The third-order valence-electron chi connectivity index (χ3n) is 4.59. The van der Waals surface area contributed by atoms with Gasteiger partial charge in [-0.3, -0.25) is 9.89 Å². The van der Waals surface area contributed by atoms with Gasteiger partial charge >= 0.3 is 0 Å². The highest BCUT2D eigenvalue weighted by Crippen LogP contribution is 2.28. The van der Waals surface area contributed by atoms with Crippen LogP contribution in [0.2, 0.25) is 5.02 Å². The molecule has 8 nitrogen and oxygen atoms in total. The van der Waals surface area contributed by atoms with Crippen LogP contribution < -0.4 is 10.1 Å². The van der Waals surface area contributed by atoms with E-state index in [-0.39, 0.29) is 18.9 Å². The number of aromatic amines is 1. The molecule has 0 radical (unpaired) electrons. The molecule has 2 N–H and O–H groups in total. The zero-order valence-corrected chi connectivity index (χ0v) is 17.5. The number of carbonyl (C=O) groups is 1. The number of amides is 1. The topological polar surface area (TPSA) is 106 Å². The van der Waals surface area contributed by atoms with Gasteiger partial charge in [0.1, 0.15) is 11.6 Å². The molecule has 158 valence electrons. The van der Waals surface area contributed by atoms with Crippen LogP contribution in [0.15, 0.2) is 59.1 Å². The van der Waals surface area contributed by atoms with E-state index >= 15 is 0 Å². The largest absolute Gasteiger partial charge is 0.497 e. The van der Waals surface area contributed by atoms with Gasteiger partial charge in [0.05, 0.1) is 24.9 Å². The number of aryl methyl sites for hydroxylation is 1. The number of rotatable bonds is 8. The summed E-state index contributed by atoms with van der Waals surface area (Å²) in [5, 5.41) is 10.4. The van der Waals surface area contributed by atoms with Crippen LogP contribution in [0.4, 0.5) is 0 Å². The third kappa shape index (κ3) is 5.10. The van der Waals surface area contributed by atoms with E-state index in [4.69, 9.17) is 20.8 Å². The standard InChI is InChI=1S/C22H20ClN5O3/c1-30-15-8-6-14(7-9-15)22-26-19(27-28-22)13-24-20(29)10-11-21-25-12-18(31-21)16-4-2-3-5-17(16)23/h2-9,12H,10-11,13H2,1H3,(H,24,29)(H,26,27,28). The van der Waals surface area contributed by atoms with Gasteiger partial charge in [0.2, 0.25) is 5.91 Å². The second-order valence-corrected chi connectivity index (χ2v) is 7.12. The normalized spacial score (nSPS) is 10.8. The maximum atomic E-state index is 12.2. The van der Waals surface area contributed by atoms with Crippen LogP contribution in [-0.2, 0) is 17.8 Å². The van der Waals surface area contributed by atoms with Crippen LogP contribution in [-0.4, -0.2) is 33.2 Å². The number of carbonyl (C=O) groups excluding carboxylic acids is 1. The first-order chi connectivity index (χ1) is 15.1. The predicted molar refractivity (Wildman–Crippen MR) is 115 cm³/mol. The molecule has 4 aromatic rings. The molecule has 2 aromatic carbocycles. The number of aromatic nitrogens is 4. The molecular formula is C22H20ClN5O3. The van der Waals surface area contributed by atoms with E-state index < -0.39 is 0 Å². The second kappa shape index (κ2) is 9.44. The Bertz CT molecular complexity index is 1170. The van der Waals surface area contributed by atoms with E-state index in [1.807, 2.05) is 42.5 Å². The minimum atomic E-state index is -0.139. The van der Waals surface area contributed by atoms with Gasteiger partial charge in [0.25, 0.3) is 0 Å². The Kier molecular flexibility index (Phi) is 6.28. The molecule has 2 aromatic heterocycles. The first-order valence-electron chi connectivity index (χ1n) is 9.64. The molecule has 9 heteroatoms. The van der Waals surface area contributed by atoms with Gasteiger partial charge in [-0.15, -0.1) is 0 Å². The van der Waals surface area contributed by atoms with Crippen molar-refractivity contribution in [1.82, 2.24) is 25.5 Å². The van der Waals surface area contributed by atoms with E-state index in [9.17, 15) is 4.79 Å². The number of nitrogens with zero attached hydrogens (tertiary/aromatic N) is 3. The Morgan fingerprint density at radius 3 is 2.77 bits per heavy atom. The monoisotopic (exact) mass is 437 g/mol. The lowest BCUT2D eigenvalue weighted by Crippen LogP contribution is -2.23. The zero-order valence-electron chi connectivity index (χ0n) is 16.8. The first-order valence-corrected chi connectivity index (χ1v) is 10.0. The van der Waals surface area contributed by atoms with Gasteiger partial charge in [-0.05, 0) is 36.4 Å². The predicted octanol–water partition coefficient (Wildman–Crippen LogP) is 4.04. The first kappa shape index (κ1) is 20.6. The highest BCUT2D eigenvalue weighted by atomic mass is 35.5. The lowest BCUT2D eigenvalue weighted by molar-refractivity contribution is -0.121. The van der Waals surface area contributed by atoms with Crippen molar-refractivity contribution in [3.63, 3.8) is 0 Å². The van der Waals surface area contributed by atoms with Crippen molar-refractivity contribution >= 4 is 17.5 Å². The van der Waals surface area contributed by atoms with Crippen molar-refractivity contribution in [1.29, 1.82) is 0 Å². The van der Waals surface area contributed by atoms with Gasteiger partial charge in [0.15, 0.2) is 17.5 Å². The average Bonchev–Trinajstić information content (AvgIpc) is 3.46. The van der Waals surface area contributed by atoms with Crippen molar-refractivity contribution in [3.8, 4) is 28.5 Å². The number of halogens is 1. The average molecular weight is 438 g/mol. The molecule has 0 atom stereocenters. The number of H-pyrrole nitrogens is 1. The van der Waals surface area contributed by atoms with Gasteiger partial charge < -0.3 is 14.5 Å². The highest BCUT2D eigenvalue weighted by molar-refractivity contribution is 6.33. The second-order valence-electron chi connectivity index (χ2n) is 6.71. The van der Waals surface area contributed by atoms with Crippen molar-refractivity contribution in [2.75, 3.05) is 7.11 Å². The van der Waals surface area contributed by atoms with Crippen molar-refractivity contribution in [2.45, 2.75) is 19.4 Å². The van der Waals surface area contributed by atoms with E-state index in [1.165, 1.54) is 0 Å². The molecular weight excluding hydrogens is 418 g/mol. The molecule has 0 aliphatic rings. The smallest absolute Gasteiger partial charge is 0.220 e. The maximum Gasteiger partial charge on any atom is 0.220 e. The van der Waals surface area contributed by atoms with Crippen molar-refractivity contribution in [3.05, 3.63) is 71.5 Å². The van der Waals surface area contributed by atoms with Crippen LogP contribution in [0.1, 0.15) is 18.1 Å². The van der Waals surface area contributed by atoms with Gasteiger partial charge in [0, 0.05) is 24.0 Å². The van der Waals surface area contributed by atoms with Crippen LogP contribution in [0.5, 0.6) is 5.75 Å². The number of benzene rings is 2. The number of oxazole rings is 1. The molecule has 2 heterocycles. The van der Waals surface area contributed by atoms with Crippen LogP contribution in [0.3, 0.4) is 0 Å². The summed E-state index contributed by atoms with van der Waals surface area (Å²) < 4.78 is 10.9. The fourth-order valence-electron chi connectivity index (χ4n) is 2.95.